The first-order chi connectivity index (χ1) is 39.1. The number of carbonyl (C=O) groups is 4. The number of esters is 4. The van der Waals surface area contributed by atoms with Crippen LogP contribution in [0.3, 0.4) is 0 Å². The summed E-state index contributed by atoms with van der Waals surface area (Å²) in [6, 6.07) is 0. The zero-order chi connectivity index (χ0) is 59.9. The van der Waals surface area contributed by atoms with Crippen molar-refractivity contribution in [3.63, 3.8) is 0 Å². The topological polar surface area (TPSA) is 237 Å². The summed E-state index contributed by atoms with van der Waals surface area (Å²) in [6.07, 6.45) is 38.9. The summed E-state index contributed by atoms with van der Waals surface area (Å²) in [4.78, 5) is 72.0. The highest BCUT2D eigenvalue weighted by Crippen LogP contribution is 2.45. The SMILES string of the molecule is CCCCCCCCCCCCCCCC(=O)O[C@H](COC(=O)CCCCCCCCC(C)CC)COP(=O)(O)OC[C@@H](O)COP(=O)(O)OC[C@@H](COC(=O)CCCCCCCCCCC)OC(=O)CCCCCCCCCCC. The van der Waals surface area contributed by atoms with Crippen LogP contribution in [-0.2, 0) is 65.4 Å². The lowest BCUT2D eigenvalue weighted by Gasteiger charge is -2.21. The van der Waals surface area contributed by atoms with Crippen molar-refractivity contribution in [1.29, 1.82) is 0 Å². The van der Waals surface area contributed by atoms with Crippen molar-refractivity contribution in [2.75, 3.05) is 39.6 Å². The second-order valence-electron chi connectivity index (χ2n) is 22.7. The van der Waals surface area contributed by atoms with Gasteiger partial charge in [0.2, 0.25) is 0 Å². The normalized spacial score (nSPS) is 14.6. The number of carbonyl (C=O) groups excluding carboxylic acids is 4. The summed E-state index contributed by atoms with van der Waals surface area (Å²) in [6.45, 7) is 7.11. The van der Waals surface area contributed by atoms with Gasteiger partial charge in [-0.2, -0.15) is 0 Å². The van der Waals surface area contributed by atoms with Gasteiger partial charge in [0.1, 0.15) is 19.3 Å². The van der Waals surface area contributed by atoms with Crippen molar-refractivity contribution >= 4 is 39.5 Å². The molecule has 0 amide bonds. The number of ether oxygens (including phenoxy) is 4. The number of aliphatic hydroxyl groups is 1. The molecule has 0 aromatic heterocycles. The molecule has 81 heavy (non-hydrogen) atoms. The summed E-state index contributed by atoms with van der Waals surface area (Å²) < 4.78 is 67.8. The summed E-state index contributed by atoms with van der Waals surface area (Å²) >= 11 is 0. The number of phosphoric acid groups is 2. The molecule has 0 aromatic rings. The standard InChI is InChI=1S/C62H120O17P2/c1-6-10-13-16-19-22-23-24-25-28-31-38-43-48-62(67)79-58(52-73-60(65)46-41-36-33-32-34-39-44-55(5)9-4)54-77-81(70,71)75-50-56(63)49-74-80(68,69)76-53-57(78-61(66)47-42-37-30-27-21-18-15-12-8-3)51-72-59(64)45-40-35-29-26-20-17-14-11-7-2/h55-58,63H,6-54H2,1-5H3,(H,68,69)(H,70,71)/t55?,56-,57+,58+/m0/s1. The molecule has 3 N–H and O–H groups in total. The van der Waals surface area contributed by atoms with Gasteiger partial charge in [0, 0.05) is 25.7 Å². The van der Waals surface area contributed by atoms with Gasteiger partial charge in [-0.05, 0) is 31.6 Å². The lowest BCUT2D eigenvalue weighted by molar-refractivity contribution is -0.161. The van der Waals surface area contributed by atoms with Crippen LogP contribution in [0.5, 0.6) is 0 Å². The van der Waals surface area contributed by atoms with E-state index >= 15 is 0 Å². The first kappa shape index (κ1) is 79.1. The maximum atomic E-state index is 13.0. The second-order valence-corrected chi connectivity index (χ2v) is 25.6. The van der Waals surface area contributed by atoms with Gasteiger partial charge < -0.3 is 33.8 Å². The highest BCUT2D eigenvalue weighted by Gasteiger charge is 2.30. The van der Waals surface area contributed by atoms with E-state index in [0.717, 1.165) is 102 Å². The highest BCUT2D eigenvalue weighted by atomic mass is 31.2. The van der Waals surface area contributed by atoms with Crippen molar-refractivity contribution in [2.24, 2.45) is 5.92 Å². The van der Waals surface area contributed by atoms with E-state index in [9.17, 15) is 43.2 Å². The van der Waals surface area contributed by atoms with Crippen LogP contribution >= 0.6 is 15.6 Å². The van der Waals surface area contributed by atoms with Gasteiger partial charge in [-0.3, -0.25) is 37.3 Å². The van der Waals surface area contributed by atoms with Crippen LogP contribution in [0.25, 0.3) is 0 Å². The molecule has 0 saturated heterocycles. The number of rotatable bonds is 62. The van der Waals surface area contributed by atoms with Crippen LogP contribution in [0.4, 0.5) is 0 Å². The van der Waals surface area contributed by atoms with E-state index in [-0.39, 0.29) is 25.7 Å². The maximum absolute atomic E-state index is 13.0. The summed E-state index contributed by atoms with van der Waals surface area (Å²) in [5, 5.41) is 10.5. The molecule has 19 heteroatoms. The number of unbranched alkanes of at least 4 members (excludes halogenated alkanes) is 33. The van der Waals surface area contributed by atoms with Crippen LogP contribution in [0.15, 0.2) is 0 Å². The van der Waals surface area contributed by atoms with Gasteiger partial charge in [-0.15, -0.1) is 0 Å². The van der Waals surface area contributed by atoms with Crippen molar-refractivity contribution in [3.05, 3.63) is 0 Å². The average molecular weight is 1200 g/mol. The molecule has 480 valence electrons. The lowest BCUT2D eigenvalue weighted by Crippen LogP contribution is -2.30. The zero-order valence-electron chi connectivity index (χ0n) is 51.9. The van der Waals surface area contributed by atoms with Gasteiger partial charge in [-0.25, -0.2) is 9.13 Å². The van der Waals surface area contributed by atoms with Gasteiger partial charge in [-0.1, -0.05) is 259 Å². The Balaban J connectivity index is 5.23. The van der Waals surface area contributed by atoms with Crippen molar-refractivity contribution < 1.29 is 80.2 Å². The molecule has 0 aromatic carbocycles. The molecule has 0 aliphatic heterocycles. The van der Waals surface area contributed by atoms with Crippen molar-refractivity contribution in [3.8, 4) is 0 Å². The van der Waals surface area contributed by atoms with E-state index in [4.69, 9.17) is 37.0 Å². The lowest BCUT2D eigenvalue weighted by atomic mass is 10.00. The molecule has 0 fully saturated rings. The third kappa shape index (κ3) is 55.7. The van der Waals surface area contributed by atoms with Crippen LogP contribution < -0.4 is 0 Å². The smallest absolute Gasteiger partial charge is 0.462 e. The van der Waals surface area contributed by atoms with Gasteiger partial charge >= 0.3 is 39.5 Å². The van der Waals surface area contributed by atoms with Crippen LogP contribution in [0, 0.1) is 5.92 Å². The monoisotopic (exact) mass is 1200 g/mol. The quantitative estimate of drug-likeness (QED) is 0.0222. The minimum atomic E-state index is -4.94. The maximum Gasteiger partial charge on any atom is 0.472 e. The molecule has 0 heterocycles. The first-order valence-corrected chi connectivity index (χ1v) is 35.7. The predicted octanol–water partition coefficient (Wildman–Crippen LogP) is 17.0. The first-order valence-electron chi connectivity index (χ1n) is 32.7. The number of hydrogen-bond donors (Lipinski definition) is 3. The zero-order valence-corrected chi connectivity index (χ0v) is 53.7. The van der Waals surface area contributed by atoms with Crippen LogP contribution in [0.1, 0.15) is 311 Å². The molecule has 0 spiro atoms. The van der Waals surface area contributed by atoms with Crippen LogP contribution in [0.2, 0.25) is 0 Å². The second kappa shape index (κ2) is 55.9. The van der Waals surface area contributed by atoms with Crippen molar-refractivity contribution in [2.45, 2.75) is 329 Å². The molecule has 0 rings (SSSR count). The largest absolute Gasteiger partial charge is 0.472 e. The van der Waals surface area contributed by atoms with Crippen LogP contribution in [-0.4, -0.2) is 96.7 Å². The van der Waals surface area contributed by atoms with E-state index in [1.807, 2.05) is 0 Å². The molecule has 17 nitrogen and oxygen atoms in total. The minimum Gasteiger partial charge on any atom is -0.462 e. The third-order valence-corrected chi connectivity index (χ3v) is 16.5. The predicted molar refractivity (Wildman–Crippen MR) is 322 cm³/mol. The molecule has 0 bridgehead atoms. The number of aliphatic hydroxyl groups excluding tert-OH is 1. The molecule has 0 aliphatic rings. The Kier molecular flexibility index (Phi) is 54.6. The number of hydrogen-bond acceptors (Lipinski definition) is 15. The Morgan fingerprint density at radius 1 is 0.346 bits per heavy atom. The molecule has 3 unspecified atom stereocenters. The van der Waals surface area contributed by atoms with E-state index in [0.29, 0.717) is 25.7 Å². The molecule has 0 radical (unpaired) electrons. The van der Waals surface area contributed by atoms with E-state index in [2.05, 4.69) is 34.6 Å². The van der Waals surface area contributed by atoms with Gasteiger partial charge in [0.25, 0.3) is 0 Å². The van der Waals surface area contributed by atoms with Gasteiger partial charge in [0.15, 0.2) is 12.2 Å². The Morgan fingerprint density at radius 2 is 0.593 bits per heavy atom. The third-order valence-electron chi connectivity index (χ3n) is 14.6. The fourth-order valence-electron chi connectivity index (χ4n) is 9.20. The highest BCUT2D eigenvalue weighted by molar-refractivity contribution is 7.47. The molecular weight excluding hydrogens is 1080 g/mol. The summed E-state index contributed by atoms with van der Waals surface area (Å²) in [7, 11) is -9.88. The van der Waals surface area contributed by atoms with E-state index in [1.54, 1.807) is 0 Å². The molecule has 0 saturated carbocycles. The fourth-order valence-corrected chi connectivity index (χ4v) is 10.8. The number of phosphoric ester groups is 2. The Morgan fingerprint density at radius 3 is 0.877 bits per heavy atom. The molecule has 0 aliphatic carbocycles. The fraction of sp³-hybridized carbons (Fsp3) is 0.935. The summed E-state index contributed by atoms with van der Waals surface area (Å²) in [5.74, 6) is -1.41. The van der Waals surface area contributed by atoms with Crippen molar-refractivity contribution in [1.82, 2.24) is 0 Å². The molecular formula is C62H120O17P2. The van der Waals surface area contributed by atoms with E-state index in [1.165, 1.54) is 128 Å². The molecule has 6 atom stereocenters. The Labute approximate surface area is 492 Å². The van der Waals surface area contributed by atoms with E-state index < -0.39 is 97.5 Å². The minimum absolute atomic E-state index is 0.106. The Hall–Kier alpha value is -1.94. The Bertz CT molecular complexity index is 1590. The summed E-state index contributed by atoms with van der Waals surface area (Å²) in [5.41, 5.74) is 0. The average Bonchev–Trinajstić information content (AvgIpc) is 3.44. The van der Waals surface area contributed by atoms with Gasteiger partial charge in [0.05, 0.1) is 26.4 Å².